The minimum atomic E-state index is -0.666. The second-order valence-electron chi connectivity index (χ2n) is 6.18. The number of amides is 1. The van der Waals surface area contributed by atoms with Gasteiger partial charge in [0.1, 0.15) is 11.3 Å². The Morgan fingerprint density at radius 2 is 1.78 bits per heavy atom. The average molecular weight is 336 g/mol. The Kier molecular flexibility index (Phi) is 4.39. The van der Waals surface area contributed by atoms with Crippen molar-refractivity contribution in [1.82, 2.24) is 5.32 Å². The Hall–Kier alpha value is -1.52. The summed E-state index contributed by atoms with van der Waals surface area (Å²) in [6, 6.07) is 3.77. The lowest BCUT2D eigenvalue weighted by Gasteiger charge is -2.33. The molecule has 1 aromatic rings. The fourth-order valence-corrected chi connectivity index (χ4v) is 3.87. The molecule has 1 amide bonds. The summed E-state index contributed by atoms with van der Waals surface area (Å²) in [4.78, 5) is 12.7. The molecule has 3 rings (SSSR count). The van der Waals surface area contributed by atoms with E-state index in [0.717, 1.165) is 29.5 Å². The summed E-state index contributed by atoms with van der Waals surface area (Å²) in [7, 11) is 0. The van der Waals surface area contributed by atoms with E-state index in [0.29, 0.717) is 36.7 Å². The van der Waals surface area contributed by atoms with Gasteiger partial charge in [-0.05, 0) is 41.7 Å². The molecule has 0 bridgehead atoms. The minimum absolute atomic E-state index is 0.164. The van der Waals surface area contributed by atoms with Crippen LogP contribution in [0.1, 0.15) is 43.4 Å². The van der Waals surface area contributed by atoms with Gasteiger partial charge < -0.3 is 15.2 Å². The number of aryl methyl sites for hydroxylation is 2. The van der Waals surface area contributed by atoms with E-state index in [4.69, 9.17) is 16.3 Å². The van der Waals surface area contributed by atoms with Crippen molar-refractivity contribution in [3.63, 3.8) is 0 Å². The van der Waals surface area contributed by atoms with Crippen molar-refractivity contribution >= 4 is 23.1 Å². The molecule has 1 saturated heterocycles. The Morgan fingerprint density at radius 1 is 1.22 bits per heavy atom. The van der Waals surface area contributed by atoms with Crippen LogP contribution in [0.15, 0.2) is 17.9 Å². The van der Waals surface area contributed by atoms with Crippen molar-refractivity contribution in [2.75, 3.05) is 13.2 Å². The molecule has 0 aliphatic carbocycles. The van der Waals surface area contributed by atoms with E-state index >= 15 is 0 Å². The molecule has 1 aromatic carbocycles. The van der Waals surface area contributed by atoms with E-state index in [9.17, 15) is 9.90 Å². The zero-order valence-electron chi connectivity index (χ0n) is 13.5. The summed E-state index contributed by atoms with van der Waals surface area (Å²) in [5.41, 5.74) is 2.58. The van der Waals surface area contributed by atoms with E-state index < -0.39 is 5.54 Å². The summed E-state index contributed by atoms with van der Waals surface area (Å²) in [5, 5.41) is 14.6. The van der Waals surface area contributed by atoms with Gasteiger partial charge in [0.25, 0.3) is 5.91 Å². The summed E-state index contributed by atoms with van der Waals surface area (Å²) in [6.45, 7) is 5.14. The van der Waals surface area contributed by atoms with Gasteiger partial charge in [-0.25, -0.2) is 0 Å². The van der Waals surface area contributed by atoms with Gasteiger partial charge in [-0.1, -0.05) is 25.4 Å². The third-order valence-electron chi connectivity index (χ3n) is 4.89. The Balaban J connectivity index is 2.19. The molecule has 0 aromatic heterocycles. The molecule has 0 atom stereocenters. The van der Waals surface area contributed by atoms with E-state index in [1.54, 1.807) is 0 Å². The fraction of sp³-hybridized carbons (Fsp3) is 0.500. The molecule has 5 heteroatoms. The van der Waals surface area contributed by atoms with Crippen molar-refractivity contribution in [1.29, 1.82) is 0 Å². The molecule has 0 radical (unpaired) electrons. The van der Waals surface area contributed by atoms with E-state index in [1.807, 2.05) is 26.0 Å². The Morgan fingerprint density at radius 3 is 2.30 bits per heavy atom. The molecule has 23 heavy (non-hydrogen) atoms. The first-order valence-electron chi connectivity index (χ1n) is 8.18. The van der Waals surface area contributed by atoms with Crippen LogP contribution in [0.4, 0.5) is 0 Å². The number of carbonyl (C=O) groups excluding carboxylic acids is 1. The SMILES string of the molecule is CCc1cc(Cl)cc(CC)c1C1=C(O)C2(CCOCC2)NC1=O. The number of ether oxygens (including phenoxy) is 1. The highest BCUT2D eigenvalue weighted by Crippen LogP contribution is 2.40. The van der Waals surface area contributed by atoms with Crippen LogP contribution >= 0.6 is 11.6 Å². The van der Waals surface area contributed by atoms with Crippen LogP contribution in [0, 0.1) is 0 Å². The minimum Gasteiger partial charge on any atom is -0.509 e. The predicted molar refractivity (Wildman–Crippen MR) is 90.7 cm³/mol. The van der Waals surface area contributed by atoms with Crippen molar-refractivity contribution in [3.05, 3.63) is 39.6 Å². The largest absolute Gasteiger partial charge is 0.509 e. The summed E-state index contributed by atoms with van der Waals surface area (Å²) in [5.74, 6) is -0.0337. The normalized spacial score (nSPS) is 20.2. The molecule has 4 nitrogen and oxygen atoms in total. The molecule has 2 aliphatic rings. The molecular weight excluding hydrogens is 314 g/mol. The third-order valence-corrected chi connectivity index (χ3v) is 5.11. The molecule has 2 aliphatic heterocycles. The Bertz CT molecular complexity index is 650. The maximum absolute atomic E-state index is 12.7. The highest BCUT2D eigenvalue weighted by molar-refractivity contribution is 6.31. The highest BCUT2D eigenvalue weighted by atomic mass is 35.5. The van der Waals surface area contributed by atoms with Crippen LogP contribution in [-0.2, 0) is 22.4 Å². The summed E-state index contributed by atoms with van der Waals surface area (Å²) in [6.07, 6.45) is 2.71. The number of rotatable bonds is 3. The number of aliphatic hydroxyl groups is 1. The lowest BCUT2D eigenvalue weighted by molar-refractivity contribution is -0.117. The lowest BCUT2D eigenvalue weighted by Crippen LogP contribution is -2.48. The lowest BCUT2D eigenvalue weighted by atomic mass is 9.85. The van der Waals surface area contributed by atoms with Gasteiger partial charge in [0.2, 0.25) is 0 Å². The van der Waals surface area contributed by atoms with Crippen LogP contribution in [0.5, 0.6) is 0 Å². The van der Waals surface area contributed by atoms with Crippen molar-refractivity contribution in [2.24, 2.45) is 0 Å². The monoisotopic (exact) mass is 335 g/mol. The number of halogens is 1. The number of benzene rings is 1. The molecule has 1 spiro atoms. The van der Waals surface area contributed by atoms with E-state index in [-0.39, 0.29) is 11.7 Å². The third kappa shape index (κ3) is 2.64. The number of hydrogen-bond donors (Lipinski definition) is 2. The Labute approximate surface area is 141 Å². The quantitative estimate of drug-likeness (QED) is 0.890. The number of carbonyl (C=O) groups is 1. The maximum Gasteiger partial charge on any atom is 0.256 e. The second kappa shape index (κ2) is 6.17. The van der Waals surface area contributed by atoms with Crippen LogP contribution in [0.25, 0.3) is 5.57 Å². The van der Waals surface area contributed by atoms with Gasteiger partial charge in [0, 0.05) is 31.1 Å². The first kappa shape index (κ1) is 16.3. The van der Waals surface area contributed by atoms with Crippen LogP contribution in [0.3, 0.4) is 0 Å². The number of hydrogen-bond acceptors (Lipinski definition) is 3. The van der Waals surface area contributed by atoms with Crippen molar-refractivity contribution in [2.45, 2.75) is 45.1 Å². The van der Waals surface area contributed by atoms with E-state index in [1.165, 1.54) is 0 Å². The van der Waals surface area contributed by atoms with Crippen LogP contribution < -0.4 is 5.32 Å². The van der Waals surface area contributed by atoms with E-state index in [2.05, 4.69) is 5.32 Å². The summed E-state index contributed by atoms with van der Waals surface area (Å²) >= 11 is 6.21. The molecule has 0 unspecified atom stereocenters. The molecule has 1 fully saturated rings. The molecule has 2 heterocycles. The highest BCUT2D eigenvalue weighted by Gasteiger charge is 2.47. The molecule has 2 N–H and O–H groups in total. The van der Waals surface area contributed by atoms with Gasteiger partial charge >= 0.3 is 0 Å². The van der Waals surface area contributed by atoms with Gasteiger partial charge in [-0.15, -0.1) is 0 Å². The first-order chi connectivity index (χ1) is 11.0. The van der Waals surface area contributed by atoms with Crippen LogP contribution in [0.2, 0.25) is 5.02 Å². The topological polar surface area (TPSA) is 58.6 Å². The molecule has 0 saturated carbocycles. The zero-order valence-corrected chi connectivity index (χ0v) is 14.3. The molecule has 124 valence electrons. The number of nitrogens with one attached hydrogen (secondary N) is 1. The van der Waals surface area contributed by atoms with Gasteiger partial charge in [0.15, 0.2) is 0 Å². The van der Waals surface area contributed by atoms with Crippen molar-refractivity contribution in [3.8, 4) is 0 Å². The van der Waals surface area contributed by atoms with Gasteiger partial charge in [-0.2, -0.15) is 0 Å². The number of aliphatic hydroxyl groups excluding tert-OH is 1. The first-order valence-corrected chi connectivity index (χ1v) is 8.56. The molecular formula is C18H22ClNO3. The second-order valence-corrected chi connectivity index (χ2v) is 6.61. The summed E-state index contributed by atoms with van der Waals surface area (Å²) < 4.78 is 5.38. The average Bonchev–Trinajstić information content (AvgIpc) is 2.78. The van der Waals surface area contributed by atoms with Gasteiger partial charge in [-0.3, -0.25) is 4.79 Å². The predicted octanol–water partition coefficient (Wildman–Crippen LogP) is 3.41. The standard InChI is InChI=1S/C18H22ClNO3/c1-3-11-9-13(19)10-12(4-2)14(11)15-16(21)18(20-17(15)22)5-7-23-8-6-18/h9-10,21H,3-8H2,1-2H3,(H,20,22). The maximum atomic E-state index is 12.7. The van der Waals surface area contributed by atoms with Gasteiger partial charge in [0.05, 0.1) is 5.57 Å². The van der Waals surface area contributed by atoms with Crippen LogP contribution in [-0.4, -0.2) is 29.8 Å². The fourth-order valence-electron chi connectivity index (χ4n) is 3.60. The van der Waals surface area contributed by atoms with Crippen molar-refractivity contribution < 1.29 is 14.6 Å². The zero-order chi connectivity index (χ0) is 16.6. The smallest absolute Gasteiger partial charge is 0.256 e.